The molecule has 1 saturated heterocycles. The van der Waals surface area contributed by atoms with Gasteiger partial charge in [0.1, 0.15) is 11.6 Å². The summed E-state index contributed by atoms with van der Waals surface area (Å²) in [6.07, 6.45) is 2.39. The molecule has 106 valence electrons. The molecule has 1 aliphatic heterocycles. The van der Waals surface area contributed by atoms with Crippen LogP contribution in [0.5, 0.6) is 0 Å². The fraction of sp³-hybridized carbons (Fsp3) is 0.600. The Kier molecular flexibility index (Phi) is 4.88. The molecule has 2 atom stereocenters. The van der Waals surface area contributed by atoms with Crippen LogP contribution in [-0.2, 0) is 0 Å². The first kappa shape index (κ1) is 14.4. The predicted molar refractivity (Wildman–Crippen MR) is 73.0 cm³/mol. The Morgan fingerprint density at radius 1 is 1.32 bits per heavy atom. The van der Waals surface area contributed by atoms with Crippen molar-refractivity contribution in [3.8, 4) is 0 Å². The van der Waals surface area contributed by atoms with Crippen molar-refractivity contribution in [2.45, 2.75) is 38.8 Å². The van der Waals surface area contributed by atoms with Crippen LogP contribution in [0.25, 0.3) is 0 Å². The monoisotopic (exact) mass is 268 g/mol. The molecule has 1 aliphatic rings. The molecule has 0 amide bonds. The van der Waals surface area contributed by atoms with Crippen LogP contribution in [0.3, 0.4) is 0 Å². The van der Waals surface area contributed by atoms with Gasteiger partial charge >= 0.3 is 0 Å². The third kappa shape index (κ3) is 3.74. The van der Waals surface area contributed by atoms with Crippen LogP contribution in [0.2, 0.25) is 0 Å². The van der Waals surface area contributed by atoms with Gasteiger partial charge in [-0.15, -0.1) is 0 Å². The molecule has 1 fully saturated rings. The van der Waals surface area contributed by atoms with Crippen molar-refractivity contribution in [3.63, 3.8) is 0 Å². The third-order valence-electron chi connectivity index (χ3n) is 3.94. The summed E-state index contributed by atoms with van der Waals surface area (Å²) in [5.74, 6) is -1.01. The fourth-order valence-electron chi connectivity index (χ4n) is 2.78. The van der Waals surface area contributed by atoms with Gasteiger partial charge in [-0.2, -0.15) is 0 Å². The quantitative estimate of drug-likeness (QED) is 0.882. The van der Waals surface area contributed by atoms with E-state index < -0.39 is 11.6 Å². The number of likely N-dealkylation sites (N-methyl/N-ethyl adjacent to an activating group) is 1. The Morgan fingerprint density at radius 3 is 2.53 bits per heavy atom. The number of halogens is 2. The highest BCUT2D eigenvalue weighted by Gasteiger charge is 2.21. The molecule has 2 unspecified atom stereocenters. The number of rotatable bonds is 5. The largest absolute Gasteiger partial charge is 0.313 e. The van der Waals surface area contributed by atoms with Gasteiger partial charge in [0.05, 0.1) is 0 Å². The van der Waals surface area contributed by atoms with Crippen LogP contribution in [-0.4, -0.2) is 30.6 Å². The van der Waals surface area contributed by atoms with Crippen molar-refractivity contribution >= 4 is 0 Å². The maximum atomic E-state index is 13.3. The summed E-state index contributed by atoms with van der Waals surface area (Å²) in [5, 5.41) is 3.46. The zero-order valence-electron chi connectivity index (χ0n) is 11.6. The van der Waals surface area contributed by atoms with E-state index in [0.717, 1.165) is 25.7 Å². The van der Waals surface area contributed by atoms with E-state index in [2.05, 4.69) is 17.1 Å². The molecule has 2 rings (SSSR count). The average molecular weight is 268 g/mol. The minimum absolute atomic E-state index is 0.0256. The molecule has 0 bridgehead atoms. The van der Waals surface area contributed by atoms with Gasteiger partial charge in [0.15, 0.2) is 0 Å². The maximum Gasteiger partial charge on any atom is 0.126 e. The molecule has 0 aliphatic carbocycles. The van der Waals surface area contributed by atoms with Crippen molar-refractivity contribution in [1.82, 2.24) is 10.2 Å². The second kappa shape index (κ2) is 6.44. The van der Waals surface area contributed by atoms with Crippen LogP contribution < -0.4 is 5.32 Å². The molecule has 1 aromatic carbocycles. The third-order valence-corrected chi connectivity index (χ3v) is 3.94. The molecule has 19 heavy (non-hydrogen) atoms. The van der Waals surface area contributed by atoms with Crippen molar-refractivity contribution in [2.75, 3.05) is 19.6 Å². The van der Waals surface area contributed by atoms with Crippen molar-refractivity contribution in [3.05, 3.63) is 35.4 Å². The first-order valence-electron chi connectivity index (χ1n) is 7.03. The Labute approximate surface area is 113 Å². The Bertz CT molecular complexity index is 396. The fourth-order valence-corrected chi connectivity index (χ4v) is 2.78. The van der Waals surface area contributed by atoms with E-state index in [0.29, 0.717) is 11.6 Å². The normalized spacial score (nSPS) is 21.0. The smallest absolute Gasteiger partial charge is 0.126 e. The summed E-state index contributed by atoms with van der Waals surface area (Å²) in [7, 11) is 0. The van der Waals surface area contributed by atoms with Gasteiger partial charge < -0.3 is 5.32 Å². The summed E-state index contributed by atoms with van der Waals surface area (Å²) in [6.45, 7) is 6.96. The van der Waals surface area contributed by atoms with Gasteiger partial charge in [-0.05, 0) is 50.6 Å². The van der Waals surface area contributed by atoms with Gasteiger partial charge in [0.2, 0.25) is 0 Å². The molecular formula is C15H22F2N2. The first-order chi connectivity index (χ1) is 9.10. The zero-order chi connectivity index (χ0) is 13.8. The van der Waals surface area contributed by atoms with E-state index in [1.807, 2.05) is 6.92 Å². The second-order valence-electron chi connectivity index (χ2n) is 5.26. The summed E-state index contributed by atoms with van der Waals surface area (Å²) in [5.41, 5.74) is 0.706. The summed E-state index contributed by atoms with van der Waals surface area (Å²) >= 11 is 0. The number of benzene rings is 1. The van der Waals surface area contributed by atoms with Gasteiger partial charge in [-0.25, -0.2) is 8.78 Å². The highest BCUT2D eigenvalue weighted by atomic mass is 19.1. The van der Waals surface area contributed by atoms with E-state index >= 15 is 0 Å². The molecule has 0 spiro atoms. The standard InChI is InChI=1S/C15H22F2N2/c1-3-19(10-15-5-4-6-18-15)11(2)12-7-13(16)9-14(17)8-12/h7-9,11,15,18H,3-6,10H2,1-2H3. The minimum atomic E-state index is -0.503. The summed E-state index contributed by atoms with van der Waals surface area (Å²) in [4.78, 5) is 2.26. The van der Waals surface area contributed by atoms with E-state index in [1.165, 1.54) is 25.0 Å². The number of hydrogen-bond donors (Lipinski definition) is 1. The predicted octanol–water partition coefficient (Wildman–Crippen LogP) is 3.10. The van der Waals surface area contributed by atoms with Gasteiger partial charge in [-0.3, -0.25) is 4.90 Å². The molecule has 4 heteroatoms. The lowest BCUT2D eigenvalue weighted by atomic mass is 10.1. The SMILES string of the molecule is CCN(CC1CCCN1)C(C)c1cc(F)cc(F)c1. The molecule has 1 heterocycles. The molecule has 1 N–H and O–H groups in total. The number of nitrogens with one attached hydrogen (secondary N) is 1. The van der Waals surface area contributed by atoms with E-state index in [-0.39, 0.29) is 6.04 Å². The number of nitrogens with zero attached hydrogens (tertiary/aromatic N) is 1. The lowest BCUT2D eigenvalue weighted by Gasteiger charge is -2.30. The van der Waals surface area contributed by atoms with Crippen LogP contribution >= 0.6 is 0 Å². The van der Waals surface area contributed by atoms with Crippen molar-refractivity contribution < 1.29 is 8.78 Å². The Morgan fingerprint density at radius 2 is 2.00 bits per heavy atom. The highest BCUT2D eigenvalue weighted by Crippen LogP contribution is 2.23. The van der Waals surface area contributed by atoms with Crippen LogP contribution in [0.4, 0.5) is 8.78 Å². The number of hydrogen-bond acceptors (Lipinski definition) is 2. The summed E-state index contributed by atoms with van der Waals surface area (Å²) in [6, 6.07) is 4.31. The lowest BCUT2D eigenvalue weighted by Crippen LogP contribution is -2.38. The summed E-state index contributed by atoms with van der Waals surface area (Å²) < 4.78 is 26.6. The Balaban J connectivity index is 2.07. The molecule has 0 saturated carbocycles. The van der Waals surface area contributed by atoms with Crippen molar-refractivity contribution in [1.29, 1.82) is 0 Å². The van der Waals surface area contributed by atoms with Gasteiger partial charge in [0, 0.05) is 24.7 Å². The Hall–Kier alpha value is -1.00. The highest BCUT2D eigenvalue weighted by molar-refractivity contribution is 5.21. The first-order valence-corrected chi connectivity index (χ1v) is 7.03. The van der Waals surface area contributed by atoms with E-state index in [4.69, 9.17) is 0 Å². The molecule has 2 nitrogen and oxygen atoms in total. The van der Waals surface area contributed by atoms with Crippen LogP contribution in [0, 0.1) is 11.6 Å². The van der Waals surface area contributed by atoms with Gasteiger partial charge in [-0.1, -0.05) is 6.92 Å². The minimum Gasteiger partial charge on any atom is -0.313 e. The maximum absolute atomic E-state index is 13.3. The molecule has 0 aromatic heterocycles. The van der Waals surface area contributed by atoms with Crippen LogP contribution in [0.15, 0.2) is 18.2 Å². The van der Waals surface area contributed by atoms with Gasteiger partial charge in [0.25, 0.3) is 0 Å². The second-order valence-corrected chi connectivity index (χ2v) is 5.26. The molecule has 0 radical (unpaired) electrons. The molecular weight excluding hydrogens is 246 g/mol. The zero-order valence-corrected chi connectivity index (χ0v) is 11.6. The van der Waals surface area contributed by atoms with Crippen molar-refractivity contribution in [2.24, 2.45) is 0 Å². The average Bonchev–Trinajstić information content (AvgIpc) is 2.86. The van der Waals surface area contributed by atoms with E-state index in [9.17, 15) is 8.78 Å². The lowest BCUT2D eigenvalue weighted by molar-refractivity contribution is 0.202. The molecule has 1 aromatic rings. The van der Waals surface area contributed by atoms with E-state index in [1.54, 1.807) is 0 Å². The topological polar surface area (TPSA) is 15.3 Å². The van der Waals surface area contributed by atoms with Crippen LogP contribution in [0.1, 0.15) is 38.3 Å².